The minimum atomic E-state index is -0.217. The van der Waals surface area contributed by atoms with Crippen molar-refractivity contribution in [2.24, 2.45) is 0 Å². The number of carbonyl (C=O) groups is 2. The first kappa shape index (κ1) is 18.8. The lowest BCUT2D eigenvalue weighted by atomic mass is 10.3. The molecule has 7 heteroatoms. The van der Waals surface area contributed by atoms with E-state index in [4.69, 9.17) is 4.74 Å². The summed E-state index contributed by atoms with van der Waals surface area (Å²) in [6.07, 6.45) is 3.05. The number of anilines is 2. The van der Waals surface area contributed by atoms with Crippen LogP contribution in [0.4, 0.5) is 10.8 Å². The van der Waals surface area contributed by atoms with Crippen LogP contribution in [0.1, 0.15) is 19.5 Å². The predicted molar refractivity (Wildman–Crippen MR) is 99.9 cm³/mol. The molecular weight excluding hydrogens is 338 g/mol. The standard InChI is InChI=1S/C18H21N3O3S/c1-13(11-24-3)19-17(23)10-9-15-12-25-18(20-15)21(14(2)22)16-7-5-4-6-8-16/h4-10,12-13H,11H2,1-3H3,(H,19,23)/b10-9+. The van der Waals surface area contributed by atoms with Crippen LogP contribution in [0.25, 0.3) is 6.08 Å². The van der Waals surface area contributed by atoms with Crippen LogP contribution in [0.5, 0.6) is 0 Å². The molecule has 0 saturated carbocycles. The number of benzene rings is 1. The fourth-order valence-corrected chi connectivity index (χ4v) is 3.06. The molecule has 0 aliphatic heterocycles. The molecule has 2 rings (SSSR count). The molecule has 0 bridgehead atoms. The number of aromatic nitrogens is 1. The lowest BCUT2D eigenvalue weighted by molar-refractivity contribution is -0.117. The molecule has 25 heavy (non-hydrogen) atoms. The second-order valence-electron chi connectivity index (χ2n) is 5.44. The molecule has 2 amide bonds. The van der Waals surface area contributed by atoms with Crippen LogP contribution >= 0.6 is 11.3 Å². The van der Waals surface area contributed by atoms with Crippen molar-refractivity contribution < 1.29 is 14.3 Å². The minimum absolute atomic E-state index is 0.0700. The van der Waals surface area contributed by atoms with Crippen molar-refractivity contribution in [2.75, 3.05) is 18.6 Å². The smallest absolute Gasteiger partial charge is 0.244 e. The molecule has 0 aliphatic carbocycles. The number of carbonyl (C=O) groups excluding carboxylic acids is 2. The van der Waals surface area contributed by atoms with Crippen LogP contribution in [-0.2, 0) is 14.3 Å². The van der Waals surface area contributed by atoms with Gasteiger partial charge in [-0.2, -0.15) is 0 Å². The molecule has 0 aliphatic rings. The molecule has 6 nitrogen and oxygen atoms in total. The van der Waals surface area contributed by atoms with Gasteiger partial charge in [-0.3, -0.25) is 14.5 Å². The monoisotopic (exact) mass is 359 g/mol. The van der Waals surface area contributed by atoms with Gasteiger partial charge in [0, 0.05) is 31.5 Å². The number of nitrogens with one attached hydrogen (secondary N) is 1. The molecule has 2 aromatic rings. The molecular formula is C18H21N3O3S. The molecule has 1 atom stereocenters. The molecule has 0 spiro atoms. The van der Waals surface area contributed by atoms with Gasteiger partial charge in [0.15, 0.2) is 5.13 Å². The maximum Gasteiger partial charge on any atom is 0.244 e. The van der Waals surface area contributed by atoms with E-state index in [9.17, 15) is 9.59 Å². The Hall–Kier alpha value is -2.51. The Morgan fingerprint density at radius 1 is 1.36 bits per heavy atom. The van der Waals surface area contributed by atoms with Gasteiger partial charge in [0.2, 0.25) is 11.8 Å². The van der Waals surface area contributed by atoms with E-state index in [-0.39, 0.29) is 17.9 Å². The highest BCUT2D eigenvalue weighted by Gasteiger charge is 2.17. The summed E-state index contributed by atoms with van der Waals surface area (Å²) in [5.74, 6) is -0.340. The summed E-state index contributed by atoms with van der Waals surface area (Å²) in [7, 11) is 1.59. The van der Waals surface area contributed by atoms with E-state index < -0.39 is 0 Å². The summed E-state index contributed by atoms with van der Waals surface area (Å²) in [6, 6.07) is 9.25. The Kier molecular flexibility index (Phi) is 6.85. The largest absolute Gasteiger partial charge is 0.383 e. The van der Waals surface area contributed by atoms with Crippen molar-refractivity contribution in [1.29, 1.82) is 0 Å². The zero-order valence-corrected chi connectivity index (χ0v) is 15.2. The number of methoxy groups -OCH3 is 1. The summed E-state index contributed by atoms with van der Waals surface area (Å²) in [6.45, 7) is 3.81. The Balaban J connectivity index is 2.09. The highest BCUT2D eigenvalue weighted by molar-refractivity contribution is 7.14. The predicted octanol–water partition coefficient (Wildman–Crippen LogP) is 2.99. The summed E-state index contributed by atoms with van der Waals surface area (Å²) < 4.78 is 4.97. The van der Waals surface area contributed by atoms with E-state index >= 15 is 0 Å². The Morgan fingerprint density at radius 2 is 2.08 bits per heavy atom. The summed E-state index contributed by atoms with van der Waals surface area (Å²) >= 11 is 1.35. The molecule has 0 saturated heterocycles. The minimum Gasteiger partial charge on any atom is -0.383 e. The van der Waals surface area contributed by atoms with Gasteiger partial charge in [0.05, 0.1) is 18.0 Å². The number of para-hydroxylation sites is 1. The van der Waals surface area contributed by atoms with Crippen LogP contribution < -0.4 is 10.2 Å². The third-order valence-corrected chi connectivity index (χ3v) is 4.09. The summed E-state index contributed by atoms with van der Waals surface area (Å²) in [5.41, 5.74) is 1.38. The third-order valence-electron chi connectivity index (χ3n) is 3.24. The van der Waals surface area contributed by atoms with Gasteiger partial charge >= 0.3 is 0 Å². The SMILES string of the molecule is COCC(C)NC(=O)/C=C/c1csc(N(C(C)=O)c2ccccc2)n1. The molecule has 1 N–H and O–H groups in total. The van der Waals surface area contributed by atoms with Crippen molar-refractivity contribution in [1.82, 2.24) is 10.3 Å². The van der Waals surface area contributed by atoms with E-state index in [1.807, 2.05) is 37.3 Å². The van der Waals surface area contributed by atoms with Crippen LogP contribution in [0.15, 0.2) is 41.8 Å². The van der Waals surface area contributed by atoms with E-state index in [0.717, 1.165) is 5.69 Å². The van der Waals surface area contributed by atoms with Crippen LogP contribution in [0.2, 0.25) is 0 Å². The van der Waals surface area contributed by atoms with Gasteiger partial charge in [-0.05, 0) is 25.1 Å². The van der Waals surface area contributed by atoms with Crippen LogP contribution in [0.3, 0.4) is 0 Å². The Bertz CT molecular complexity index is 743. The molecule has 0 radical (unpaired) electrons. The van der Waals surface area contributed by atoms with Crippen molar-refractivity contribution in [2.45, 2.75) is 19.9 Å². The number of thiazole rings is 1. The first-order chi connectivity index (χ1) is 12.0. The van der Waals surface area contributed by atoms with Gasteiger partial charge in [0.1, 0.15) is 0 Å². The number of hydrogen-bond donors (Lipinski definition) is 1. The van der Waals surface area contributed by atoms with E-state index in [2.05, 4.69) is 10.3 Å². The fraction of sp³-hybridized carbons (Fsp3) is 0.278. The van der Waals surface area contributed by atoms with Crippen molar-refractivity contribution >= 4 is 40.0 Å². The summed E-state index contributed by atoms with van der Waals surface area (Å²) in [4.78, 5) is 29.8. The van der Waals surface area contributed by atoms with E-state index in [1.165, 1.54) is 24.3 Å². The summed E-state index contributed by atoms with van der Waals surface area (Å²) in [5, 5.41) is 5.15. The van der Waals surface area contributed by atoms with Gasteiger partial charge in [-0.1, -0.05) is 18.2 Å². The molecule has 1 aromatic heterocycles. The van der Waals surface area contributed by atoms with Gasteiger partial charge < -0.3 is 10.1 Å². The lowest BCUT2D eigenvalue weighted by Gasteiger charge is -2.17. The average Bonchev–Trinajstić information content (AvgIpc) is 3.02. The first-order valence-corrected chi connectivity index (χ1v) is 8.68. The van der Waals surface area contributed by atoms with Gasteiger partial charge in [-0.15, -0.1) is 11.3 Å². The highest BCUT2D eigenvalue weighted by atomic mass is 32.1. The maximum absolute atomic E-state index is 12.0. The highest BCUT2D eigenvalue weighted by Crippen LogP contribution is 2.28. The lowest BCUT2D eigenvalue weighted by Crippen LogP contribution is -2.34. The number of amides is 2. The number of hydrogen-bond acceptors (Lipinski definition) is 5. The second kappa shape index (κ2) is 9.10. The molecule has 1 aromatic carbocycles. The zero-order chi connectivity index (χ0) is 18.2. The fourth-order valence-electron chi connectivity index (χ4n) is 2.20. The number of ether oxygens (including phenoxy) is 1. The molecule has 1 heterocycles. The second-order valence-corrected chi connectivity index (χ2v) is 6.28. The van der Waals surface area contributed by atoms with Gasteiger partial charge in [-0.25, -0.2) is 4.98 Å². The van der Waals surface area contributed by atoms with Crippen molar-refractivity contribution in [3.8, 4) is 0 Å². The van der Waals surface area contributed by atoms with Crippen molar-refractivity contribution in [3.05, 3.63) is 47.5 Å². The number of nitrogens with zero attached hydrogens (tertiary/aromatic N) is 2. The zero-order valence-electron chi connectivity index (χ0n) is 14.4. The topological polar surface area (TPSA) is 71.5 Å². The third kappa shape index (κ3) is 5.51. The Morgan fingerprint density at radius 3 is 2.72 bits per heavy atom. The Labute approximate surface area is 151 Å². The molecule has 0 fully saturated rings. The first-order valence-electron chi connectivity index (χ1n) is 7.80. The normalized spacial score (nSPS) is 12.1. The maximum atomic E-state index is 12.0. The molecule has 132 valence electrons. The number of rotatable bonds is 7. The van der Waals surface area contributed by atoms with Crippen LogP contribution in [0, 0.1) is 0 Å². The quantitative estimate of drug-likeness (QED) is 0.772. The van der Waals surface area contributed by atoms with Gasteiger partial charge in [0.25, 0.3) is 0 Å². The van der Waals surface area contributed by atoms with Crippen molar-refractivity contribution in [3.63, 3.8) is 0 Å². The van der Waals surface area contributed by atoms with E-state index in [1.54, 1.807) is 23.5 Å². The van der Waals surface area contributed by atoms with E-state index in [0.29, 0.717) is 17.4 Å². The average molecular weight is 359 g/mol. The van der Waals surface area contributed by atoms with Crippen LogP contribution in [-0.4, -0.2) is 36.6 Å². The molecule has 1 unspecified atom stereocenters.